The standard InChI is InChI=1S/C16H20BrN5O.2C7H8O3S/c17-11-6-19-15-13(14(11)22-5-1-2-10(18)8-22)12(7-20-15)21-16(23)9-3-4-9;2*1-6-2-4-7(5-3-6)11(8,9)10/h6-7,9-10H,1-5,8,18H2,(H,19,20)(H,21,23);2*2-5H,1H3,(H,8,9,10)/t10-;;/m1../s1. The summed E-state index contributed by atoms with van der Waals surface area (Å²) in [5.41, 5.74) is 10.7. The topological polar surface area (TPSA) is 196 Å². The molecule has 1 amide bonds. The Labute approximate surface area is 271 Å². The molecule has 1 aliphatic carbocycles. The summed E-state index contributed by atoms with van der Waals surface area (Å²) in [7, 11) is -8.04. The number of fused-ring (bicyclic) bond motifs is 1. The number of benzene rings is 2. The summed E-state index contributed by atoms with van der Waals surface area (Å²) in [4.78, 5) is 21.9. The fraction of sp³-hybridized carbons (Fsp3) is 0.333. The van der Waals surface area contributed by atoms with E-state index in [1.165, 1.54) is 24.3 Å². The minimum atomic E-state index is -4.02. The summed E-state index contributed by atoms with van der Waals surface area (Å²) in [6, 6.07) is 12.2. The molecule has 1 saturated heterocycles. The number of nitrogens with one attached hydrogen (secondary N) is 2. The average molecular weight is 723 g/mol. The van der Waals surface area contributed by atoms with Gasteiger partial charge in [0.15, 0.2) is 0 Å². The second-order valence-electron chi connectivity index (χ2n) is 11.1. The van der Waals surface area contributed by atoms with Crippen LogP contribution in [-0.4, -0.2) is 60.9 Å². The van der Waals surface area contributed by atoms with Gasteiger partial charge in [0.1, 0.15) is 5.65 Å². The third-order valence-corrected chi connectivity index (χ3v) is 9.56. The molecular formula is C30H36BrN5O7S2. The van der Waals surface area contributed by atoms with Crippen molar-refractivity contribution in [3.63, 3.8) is 0 Å². The van der Waals surface area contributed by atoms with Crippen LogP contribution in [0.3, 0.4) is 0 Å². The molecule has 1 saturated carbocycles. The lowest BCUT2D eigenvalue weighted by atomic mass is 10.1. The minimum Gasteiger partial charge on any atom is -0.368 e. The molecule has 1 aliphatic heterocycles. The van der Waals surface area contributed by atoms with Crippen LogP contribution in [0, 0.1) is 19.8 Å². The average Bonchev–Trinajstić information content (AvgIpc) is 3.75. The van der Waals surface area contributed by atoms with Gasteiger partial charge in [0.05, 0.1) is 31.0 Å². The molecule has 0 unspecified atom stereocenters. The Kier molecular flexibility index (Phi) is 11.0. The van der Waals surface area contributed by atoms with Gasteiger partial charge in [-0.15, -0.1) is 0 Å². The highest BCUT2D eigenvalue weighted by atomic mass is 79.9. The van der Waals surface area contributed by atoms with Gasteiger partial charge >= 0.3 is 0 Å². The molecule has 45 heavy (non-hydrogen) atoms. The molecule has 0 radical (unpaired) electrons. The molecule has 242 valence electrons. The molecule has 0 bridgehead atoms. The van der Waals surface area contributed by atoms with Crippen molar-refractivity contribution >= 4 is 64.5 Å². The maximum atomic E-state index is 12.2. The van der Waals surface area contributed by atoms with Gasteiger partial charge in [-0.1, -0.05) is 35.4 Å². The SMILES string of the molecule is Cc1ccc(S(=O)(=O)O)cc1.Cc1ccc(S(=O)(=O)O)cc1.N[C@@H]1CCCN(c2c(Br)cnc3[nH]cc(NC(=O)C4CC4)c23)C1. The summed E-state index contributed by atoms with van der Waals surface area (Å²) in [5, 5.41) is 4.02. The van der Waals surface area contributed by atoms with E-state index < -0.39 is 20.2 Å². The van der Waals surface area contributed by atoms with Crippen molar-refractivity contribution in [1.29, 1.82) is 0 Å². The first-order valence-corrected chi connectivity index (χ1v) is 17.9. The van der Waals surface area contributed by atoms with Crippen molar-refractivity contribution in [2.75, 3.05) is 23.3 Å². The van der Waals surface area contributed by atoms with Crippen LogP contribution in [0.4, 0.5) is 11.4 Å². The second-order valence-corrected chi connectivity index (χ2v) is 14.8. The molecule has 15 heteroatoms. The van der Waals surface area contributed by atoms with Crippen molar-refractivity contribution in [2.24, 2.45) is 11.7 Å². The van der Waals surface area contributed by atoms with Gasteiger partial charge in [-0.3, -0.25) is 13.9 Å². The third kappa shape index (κ3) is 9.58. The Balaban J connectivity index is 0.000000176. The Hall–Kier alpha value is -3.34. The second kappa shape index (κ2) is 14.4. The quantitative estimate of drug-likeness (QED) is 0.173. The van der Waals surface area contributed by atoms with E-state index >= 15 is 0 Å². The number of amides is 1. The molecule has 2 aliphatic rings. The fourth-order valence-electron chi connectivity index (χ4n) is 4.68. The van der Waals surface area contributed by atoms with Crippen LogP contribution in [0.2, 0.25) is 0 Å². The normalized spacial score (nSPS) is 16.7. The van der Waals surface area contributed by atoms with Gasteiger partial charge in [0.25, 0.3) is 20.2 Å². The van der Waals surface area contributed by atoms with Crippen molar-refractivity contribution in [1.82, 2.24) is 9.97 Å². The number of H-pyrrole nitrogens is 1. The van der Waals surface area contributed by atoms with Gasteiger partial charge < -0.3 is 20.9 Å². The third-order valence-electron chi connectivity index (χ3n) is 7.25. The smallest absolute Gasteiger partial charge is 0.294 e. The molecule has 2 fully saturated rings. The number of pyridine rings is 1. The minimum absolute atomic E-state index is 0.0666. The van der Waals surface area contributed by atoms with Gasteiger partial charge in [-0.2, -0.15) is 16.8 Å². The van der Waals surface area contributed by atoms with Crippen LogP contribution in [0.15, 0.2) is 75.2 Å². The molecule has 3 heterocycles. The summed E-state index contributed by atoms with van der Waals surface area (Å²) in [6.07, 6.45) is 7.75. The predicted molar refractivity (Wildman–Crippen MR) is 177 cm³/mol. The number of nitrogens with two attached hydrogens (primary N) is 1. The van der Waals surface area contributed by atoms with E-state index in [4.69, 9.17) is 14.8 Å². The van der Waals surface area contributed by atoms with E-state index in [0.717, 1.165) is 76.8 Å². The molecule has 0 spiro atoms. The first-order valence-electron chi connectivity index (χ1n) is 14.2. The Morgan fingerprint density at radius 3 is 1.96 bits per heavy atom. The number of carbonyl (C=O) groups excluding carboxylic acids is 1. The number of hydrogen-bond donors (Lipinski definition) is 5. The van der Waals surface area contributed by atoms with E-state index in [0.29, 0.717) is 0 Å². The lowest BCUT2D eigenvalue weighted by Gasteiger charge is -2.33. The van der Waals surface area contributed by atoms with Crippen LogP contribution in [-0.2, 0) is 25.0 Å². The van der Waals surface area contributed by atoms with Crippen molar-refractivity contribution in [3.8, 4) is 0 Å². The zero-order valence-corrected chi connectivity index (χ0v) is 28.0. The first-order chi connectivity index (χ1) is 21.1. The van der Waals surface area contributed by atoms with Crippen LogP contribution in [0.5, 0.6) is 0 Å². The van der Waals surface area contributed by atoms with Gasteiger partial charge in [0.2, 0.25) is 5.91 Å². The molecule has 6 N–H and O–H groups in total. The number of aryl methyl sites for hydroxylation is 2. The van der Waals surface area contributed by atoms with Gasteiger partial charge in [0, 0.05) is 37.4 Å². The molecule has 2 aromatic heterocycles. The number of aromatic amines is 1. The molecule has 12 nitrogen and oxygen atoms in total. The number of piperidine rings is 1. The van der Waals surface area contributed by atoms with Gasteiger partial charge in [-0.25, -0.2) is 4.98 Å². The van der Waals surface area contributed by atoms with E-state index in [9.17, 15) is 21.6 Å². The summed E-state index contributed by atoms with van der Waals surface area (Å²) in [5.74, 6) is 0.277. The summed E-state index contributed by atoms with van der Waals surface area (Å²) >= 11 is 3.63. The van der Waals surface area contributed by atoms with E-state index in [-0.39, 0.29) is 27.7 Å². The van der Waals surface area contributed by atoms with E-state index in [1.54, 1.807) is 30.5 Å². The van der Waals surface area contributed by atoms with Gasteiger partial charge in [-0.05, 0) is 79.7 Å². The number of anilines is 2. The molecular weight excluding hydrogens is 686 g/mol. The highest BCUT2D eigenvalue weighted by molar-refractivity contribution is 9.10. The molecule has 4 aromatic rings. The molecule has 6 rings (SSSR count). The number of aromatic nitrogens is 2. The lowest BCUT2D eigenvalue weighted by Crippen LogP contribution is -2.43. The zero-order valence-electron chi connectivity index (χ0n) is 24.8. The summed E-state index contributed by atoms with van der Waals surface area (Å²) < 4.78 is 60.0. The molecule has 1 atom stereocenters. The Morgan fingerprint density at radius 1 is 0.956 bits per heavy atom. The number of rotatable bonds is 5. The van der Waals surface area contributed by atoms with Crippen LogP contribution >= 0.6 is 15.9 Å². The number of halogens is 1. The monoisotopic (exact) mass is 721 g/mol. The van der Waals surface area contributed by atoms with E-state index in [1.807, 2.05) is 20.0 Å². The Bertz CT molecular complexity index is 1790. The van der Waals surface area contributed by atoms with Crippen molar-refractivity contribution < 1.29 is 30.7 Å². The maximum absolute atomic E-state index is 12.2. The van der Waals surface area contributed by atoms with E-state index in [2.05, 4.69) is 36.1 Å². The Morgan fingerprint density at radius 2 is 1.49 bits per heavy atom. The number of hydrogen-bond acceptors (Lipinski definition) is 8. The predicted octanol–water partition coefficient (Wildman–Crippen LogP) is 5.08. The largest absolute Gasteiger partial charge is 0.368 e. The fourth-order valence-corrected chi connectivity index (χ4v) is 6.19. The van der Waals surface area contributed by atoms with Crippen LogP contribution in [0.1, 0.15) is 36.8 Å². The zero-order chi connectivity index (χ0) is 32.9. The number of carbonyl (C=O) groups is 1. The van der Waals surface area contributed by atoms with Crippen molar-refractivity contribution in [2.45, 2.75) is 55.4 Å². The van der Waals surface area contributed by atoms with Crippen LogP contribution < -0.4 is 16.0 Å². The molecule has 2 aromatic carbocycles. The highest BCUT2D eigenvalue weighted by Gasteiger charge is 2.31. The van der Waals surface area contributed by atoms with Crippen LogP contribution in [0.25, 0.3) is 11.0 Å². The van der Waals surface area contributed by atoms with Crippen molar-refractivity contribution in [3.05, 3.63) is 76.5 Å². The number of nitrogens with zero attached hydrogens (tertiary/aromatic N) is 2. The first kappa shape index (κ1) is 34.5. The summed E-state index contributed by atoms with van der Waals surface area (Å²) in [6.45, 7) is 5.47. The highest BCUT2D eigenvalue weighted by Crippen LogP contribution is 2.39. The lowest BCUT2D eigenvalue weighted by molar-refractivity contribution is -0.117. The maximum Gasteiger partial charge on any atom is 0.294 e.